The Balaban J connectivity index is 2.50. The van der Waals surface area contributed by atoms with Crippen LogP contribution in [0.15, 0.2) is 36.4 Å². The van der Waals surface area contributed by atoms with Crippen LogP contribution >= 0.6 is 0 Å². The molecule has 2 nitrogen and oxygen atoms in total. The predicted molar refractivity (Wildman–Crippen MR) is 67.5 cm³/mol. The van der Waals surface area contributed by atoms with Gasteiger partial charge < -0.3 is 10.5 Å². The van der Waals surface area contributed by atoms with E-state index in [1.807, 2.05) is 25.1 Å². The van der Waals surface area contributed by atoms with Gasteiger partial charge >= 0.3 is 0 Å². The van der Waals surface area contributed by atoms with Gasteiger partial charge in [-0.3, -0.25) is 0 Å². The number of methoxy groups -OCH3 is 1. The van der Waals surface area contributed by atoms with Gasteiger partial charge in [0, 0.05) is 11.3 Å². The van der Waals surface area contributed by atoms with Crippen LogP contribution in [0.25, 0.3) is 11.1 Å². The topological polar surface area (TPSA) is 35.2 Å². The summed E-state index contributed by atoms with van der Waals surface area (Å²) in [6, 6.07) is 10.2. The van der Waals surface area contributed by atoms with E-state index < -0.39 is 0 Å². The van der Waals surface area contributed by atoms with Crippen LogP contribution in [0.3, 0.4) is 0 Å². The van der Waals surface area contributed by atoms with Crippen LogP contribution in [0, 0.1) is 12.7 Å². The van der Waals surface area contributed by atoms with E-state index >= 15 is 0 Å². The molecule has 0 bridgehead atoms. The second-order valence-corrected chi connectivity index (χ2v) is 3.92. The molecule has 0 aromatic heterocycles. The zero-order valence-electron chi connectivity index (χ0n) is 9.83. The summed E-state index contributed by atoms with van der Waals surface area (Å²) in [7, 11) is 1.63. The van der Waals surface area contributed by atoms with Gasteiger partial charge in [0.1, 0.15) is 11.6 Å². The molecule has 0 aliphatic heterocycles. The summed E-state index contributed by atoms with van der Waals surface area (Å²) >= 11 is 0. The van der Waals surface area contributed by atoms with Crippen LogP contribution in [0.4, 0.5) is 10.1 Å². The van der Waals surface area contributed by atoms with Gasteiger partial charge in [0.15, 0.2) is 0 Å². The zero-order valence-corrected chi connectivity index (χ0v) is 9.83. The number of nitrogens with two attached hydrogens (primary N) is 1. The molecule has 0 saturated heterocycles. The molecule has 0 radical (unpaired) electrons. The summed E-state index contributed by atoms with van der Waals surface area (Å²) in [4.78, 5) is 0. The molecule has 17 heavy (non-hydrogen) atoms. The van der Waals surface area contributed by atoms with Gasteiger partial charge in [0.2, 0.25) is 0 Å². The maximum Gasteiger partial charge on any atom is 0.125 e. The van der Waals surface area contributed by atoms with Crippen molar-refractivity contribution in [3.63, 3.8) is 0 Å². The minimum Gasteiger partial charge on any atom is -0.496 e. The number of hydrogen-bond donors (Lipinski definition) is 1. The summed E-state index contributed by atoms with van der Waals surface area (Å²) in [6.07, 6.45) is 0. The average molecular weight is 231 g/mol. The molecular weight excluding hydrogens is 217 g/mol. The SMILES string of the molecule is COc1ccc(-c2ccc(F)cc2N)cc1C. The van der Waals surface area contributed by atoms with Crippen LogP contribution < -0.4 is 10.5 Å². The fourth-order valence-electron chi connectivity index (χ4n) is 1.84. The van der Waals surface area contributed by atoms with Crippen molar-refractivity contribution < 1.29 is 9.13 Å². The number of ether oxygens (including phenoxy) is 1. The van der Waals surface area contributed by atoms with Crippen molar-refractivity contribution >= 4 is 5.69 Å². The van der Waals surface area contributed by atoms with Gasteiger partial charge in [-0.2, -0.15) is 0 Å². The van der Waals surface area contributed by atoms with Gasteiger partial charge in [-0.25, -0.2) is 4.39 Å². The molecule has 0 saturated carbocycles. The Morgan fingerprint density at radius 1 is 1.12 bits per heavy atom. The molecule has 3 heteroatoms. The van der Waals surface area contributed by atoms with Crippen molar-refractivity contribution in [1.29, 1.82) is 0 Å². The Hall–Kier alpha value is -2.03. The minimum absolute atomic E-state index is 0.323. The number of hydrogen-bond acceptors (Lipinski definition) is 2. The molecule has 0 amide bonds. The van der Waals surface area contributed by atoms with Gasteiger partial charge in [-0.1, -0.05) is 6.07 Å². The zero-order chi connectivity index (χ0) is 12.4. The van der Waals surface area contributed by atoms with Crippen LogP contribution in [-0.2, 0) is 0 Å². The molecule has 2 N–H and O–H groups in total. The quantitative estimate of drug-likeness (QED) is 0.804. The lowest BCUT2D eigenvalue weighted by molar-refractivity contribution is 0.412. The first-order chi connectivity index (χ1) is 8.11. The molecule has 0 atom stereocenters. The first-order valence-electron chi connectivity index (χ1n) is 5.32. The fourth-order valence-corrected chi connectivity index (χ4v) is 1.84. The lowest BCUT2D eigenvalue weighted by Gasteiger charge is -2.09. The van der Waals surface area contributed by atoms with Crippen LogP contribution in [0.2, 0.25) is 0 Å². The van der Waals surface area contributed by atoms with E-state index in [2.05, 4.69) is 0 Å². The highest BCUT2D eigenvalue weighted by Crippen LogP contribution is 2.30. The van der Waals surface area contributed by atoms with Crippen LogP contribution in [0.1, 0.15) is 5.56 Å². The van der Waals surface area contributed by atoms with E-state index in [-0.39, 0.29) is 5.82 Å². The van der Waals surface area contributed by atoms with Crippen molar-refractivity contribution in [3.05, 3.63) is 47.8 Å². The van der Waals surface area contributed by atoms with Crippen LogP contribution in [-0.4, -0.2) is 7.11 Å². The largest absolute Gasteiger partial charge is 0.496 e. The maximum atomic E-state index is 13.0. The lowest BCUT2D eigenvalue weighted by atomic mass is 10.0. The maximum absolute atomic E-state index is 13.0. The van der Waals surface area contributed by atoms with Crippen molar-refractivity contribution in [3.8, 4) is 16.9 Å². The normalized spacial score (nSPS) is 10.3. The second-order valence-electron chi connectivity index (χ2n) is 3.92. The highest BCUT2D eigenvalue weighted by molar-refractivity contribution is 5.77. The smallest absolute Gasteiger partial charge is 0.125 e. The minimum atomic E-state index is -0.323. The van der Waals surface area contributed by atoms with Gasteiger partial charge in [-0.05, 0) is 48.4 Å². The molecule has 0 heterocycles. The number of rotatable bonds is 2. The van der Waals surface area contributed by atoms with E-state index in [1.165, 1.54) is 12.1 Å². The van der Waals surface area contributed by atoms with Gasteiger partial charge in [0.05, 0.1) is 7.11 Å². The van der Waals surface area contributed by atoms with E-state index in [9.17, 15) is 4.39 Å². The number of nitrogen functional groups attached to an aromatic ring is 1. The Labute approximate surface area is 99.8 Å². The van der Waals surface area contributed by atoms with E-state index in [4.69, 9.17) is 10.5 Å². The monoisotopic (exact) mass is 231 g/mol. The summed E-state index contributed by atoms with van der Waals surface area (Å²) in [5, 5.41) is 0. The Kier molecular flexibility index (Phi) is 3.00. The molecule has 2 aromatic rings. The highest BCUT2D eigenvalue weighted by Gasteiger charge is 2.06. The first kappa shape index (κ1) is 11.5. The second kappa shape index (κ2) is 4.45. The van der Waals surface area contributed by atoms with E-state index in [0.29, 0.717) is 5.69 Å². The summed E-state index contributed by atoms with van der Waals surface area (Å²) in [6.45, 7) is 1.96. The Morgan fingerprint density at radius 2 is 1.88 bits per heavy atom. The van der Waals surface area contributed by atoms with E-state index in [0.717, 1.165) is 22.4 Å². The molecule has 0 aliphatic rings. The molecule has 0 aliphatic carbocycles. The molecule has 0 fully saturated rings. The molecule has 0 unspecified atom stereocenters. The lowest BCUT2D eigenvalue weighted by Crippen LogP contribution is -1.93. The van der Waals surface area contributed by atoms with Gasteiger partial charge in [0.25, 0.3) is 0 Å². The number of anilines is 1. The third kappa shape index (κ3) is 2.23. The first-order valence-corrected chi connectivity index (χ1v) is 5.32. The fraction of sp³-hybridized carbons (Fsp3) is 0.143. The average Bonchev–Trinajstić information content (AvgIpc) is 2.29. The van der Waals surface area contributed by atoms with Gasteiger partial charge in [-0.15, -0.1) is 0 Å². The van der Waals surface area contributed by atoms with E-state index in [1.54, 1.807) is 13.2 Å². The summed E-state index contributed by atoms with van der Waals surface area (Å²) in [5.41, 5.74) is 9.05. The molecule has 2 aromatic carbocycles. The number of benzene rings is 2. The molecular formula is C14H14FNO. The molecule has 2 rings (SSSR count). The summed E-state index contributed by atoms with van der Waals surface area (Å²) in [5.74, 6) is 0.505. The number of aryl methyl sites for hydroxylation is 1. The Morgan fingerprint density at radius 3 is 2.47 bits per heavy atom. The van der Waals surface area contributed by atoms with Crippen molar-refractivity contribution in [2.75, 3.05) is 12.8 Å². The predicted octanol–water partition coefficient (Wildman–Crippen LogP) is 3.39. The molecule has 0 spiro atoms. The highest BCUT2D eigenvalue weighted by atomic mass is 19.1. The standard InChI is InChI=1S/C14H14FNO/c1-9-7-10(3-6-14(9)17-2)12-5-4-11(15)8-13(12)16/h3-8H,16H2,1-2H3. The third-order valence-electron chi connectivity index (χ3n) is 2.72. The van der Waals surface area contributed by atoms with Crippen molar-refractivity contribution in [2.45, 2.75) is 6.92 Å². The molecule has 88 valence electrons. The van der Waals surface area contributed by atoms with Crippen molar-refractivity contribution in [1.82, 2.24) is 0 Å². The third-order valence-corrected chi connectivity index (χ3v) is 2.72. The van der Waals surface area contributed by atoms with Crippen LogP contribution in [0.5, 0.6) is 5.75 Å². The number of halogens is 1. The Bertz CT molecular complexity index is 552. The van der Waals surface area contributed by atoms with Crippen molar-refractivity contribution in [2.24, 2.45) is 0 Å². The summed E-state index contributed by atoms with van der Waals surface area (Å²) < 4.78 is 18.2.